The first-order chi connectivity index (χ1) is 4.86. The van der Waals surface area contributed by atoms with Crippen molar-refractivity contribution in [3.8, 4) is 0 Å². The van der Waals surface area contributed by atoms with E-state index in [4.69, 9.17) is 0 Å². The summed E-state index contributed by atoms with van der Waals surface area (Å²) in [4.78, 5) is 4.59. The fraction of sp³-hybridized carbons (Fsp3) is 0.875. The largest absolute Gasteiger partial charge is 0.279 e. The molecule has 0 N–H and O–H groups in total. The van der Waals surface area contributed by atoms with Crippen LogP contribution in [0.4, 0.5) is 0 Å². The SMILES string of the molecule is CC1=N[C@H]2CCCC[C@H]2S1. The zero-order valence-electron chi connectivity index (χ0n) is 6.34. The molecule has 0 saturated heterocycles. The third kappa shape index (κ3) is 1.09. The molecule has 0 aromatic heterocycles. The molecular formula is C8H13NS. The highest BCUT2D eigenvalue weighted by Crippen LogP contribution is 2.36. The summed E-state index contributed by atoms with van der Waals surface area (Å²) in [7, 11) is 0. The van der Waals surface area contributed by atoms with Gasteiger partial charge >= 0.3 is 0 Å². The molecule has 1 heterocycles. The molecule has 0 aromatic rings. The maximum absolute atomic E-state index is 4.59. The first-order valence-corrected chi connectivity index (χ1v) is 4.95. The Kier molecular flexibility index (Phi) is 1.73. The molecule has 0 bridgehead atoms. The van der Waals surface area contributed by atoms with E-state index in [0.717, 1.165) is 5.25 Å². The van der Waals surface area contributed by atoms with Crippen LogP contribution in [-0.2, 0) is 0 Å². The van der Waals surface area contributed by atoms with Crippen LogP contribution in [0.25, 0.3) is 0 Å². The number of nitrogens with zero attached hydrogens (tertiary/aromatic N) is 1. The summed E-state index contributed by atoms with van der Waals surface area (Å²) in [6.07, 6.45) is 5.57. The van der Waals surface area contributed by atoms with Crippen LogP contribution in [0.1, 0.15) is 32.6 Å². The Morgan fingerprint density at radius 1 is 1.40 bits per heavy atom. The summed E-state index contributed by atoms with van der Waals surface area (Å²) in [5, 5.41) is 2.17. The summed E-state index contributed by atoms with van der Waals surface area (Å²) < 4.78 is 0. The molecule has 0 aromatic carbocycles. The minimum absolute atomic E-state index is 0.693. The molecule has 1 saturated carbocycles. The van der Waals surface area contributed by atoms with Crippen LogP contribution in [0.5, 0.6) is 0 Å². The number of hydrogen-bond acceptors (Lipinski definition) is 2. The standard InChI is InChI=1S/C8H13NS/c1-6-9-7-4-2-3-5-8(7)10-6/h7-8H,2-5H2,1H3/t7-,8+/m0/s1. The molecule has 2 rings (SSSR count). The average molecular weight is 155 g/mol. The molecule has 2 aliphatic rings. The highest BCUT2D eigenvalue weighted by atomic mass is 32.2. The first kappa shape index (κ1) is 6.71. The van der Waals surface area contributed by atoms with E-state index >= 15 is 0 Å². The smallest absolute Gasteiger partial charge is 0.0652 e. The van der Waals surface area contributed by atoms with E-state index in [1.807, 2.05) is 11.8 Å². The monoisotopic (exact) mass is 155 g/mol. The van der Waals surface area contributed by atoms with Gasteiger partial charge in [0, 0.05) is 5.25 Å². The number of fused-ring (bicyclic) bond motifs is 1. The summed E-state index contributed by atoms with van der Waals surface area (Å²) in [6.45, 7) is 2.14. The van der Waals surface area contributed by atoms with Gasteiger partial charge in [-0.2, -0.15) is 0 Å². The normalized spacial score (nSPS) is 39.1. The Balaban J connectivity index is 2.06. The van der Waals surface area contributed by atoms with E-state index in [1.165, 1.54) is 30.7 Å². The van der Waals surface area contributed by atoms with Crippen molar-refractivity contribution < 1.29 is 0 Å². The summed E-state index contributed by atoms with van der Waals surface area (Å²) in [6, 6.07) is 0.693. The van der Waals surface area contributed by atoms with Crippen LogP contribution in [0, 0.1) is 0 Å². The highest BCUT2D eigenvalue weighted by molar-refractivity contribution is 8.14. The molecule has 2 atom stereocenters. The van der Waals surface area contributed by atoms with E-state index in [1.54, 1.807) is 0 Å². The second kappa shape index (κ2) is 2.57. The van der Waals surface area contributed by atoms with Crippen molar-refractivity contribution in [3.05, 3.63) is 0 Å². The van der Waals surface area contributed by atoms with E-state index in [2.05, 4.69) is 11.9 Å². The lowest BCUT2D eigenvalue weighted by Crippen LogP contribution is -2.21. The van der Waals surface area contributed by atoms with E-state index in [0.29, 0.717) is 6.04 Å². The second-order valence-corrected chi connectivity index (χ2v) is 4.59. The van der Waals surface area contributed by atoms with Gasteiger partial charge in [0.15, 0.2) is 0 Å². The zero-order valence-corrected chi connectivity index (χ0v) is 7.16. The van der Waals surface area contributed by atoms with Crippen molar-refractivity contribution in [2.45, 2.75) is 43.9 Å². The van der Waals surface area contributed by atoms with Crippen molar-refractivity contribution in [2.75, 3.05) is 0 Å². The molecule has 56 valence electrons. The lowest BCUT2D eigenvalue weighted by Gasteiger charge is -2.21. The van der Waals surface area contributed by atoms with E-state index in [-0.39, 0.29) is 0 Å². The quantitative estimate of drug-likeness (QED) is 0.523. The third-order valence-corrected chi connectivity index (χ3v) is 3.64. The molecule has 1 fully saturated rings. The molecule has 1 nitrogen and oxygen atoms in total. The van der Waals surface area contributed by atoms with E-state index < -0.39 is 0 Å². The van der Waals surface area contributed by atoms with Crippen LogP contribution < -0.4 is 0 Å². The summed E-state index contributed by atoms with van der Waals surface area (Å²) in [5.41, 5.74) is 0. The minimum atomic E-state index is 0.693. The van der Waals surface area contributed by atoms with Crippen molar-refractivity contribution in [2.24, 2.45) is 4.99 Å². The van der Waals surface area contributed by atoms with Gasteiger partial charge in [-0.25, -0.2) is 0 Å². The fourth-order valence-electron chi connectivity index (χ4n) is 1.85. The first-order valence-electron chi connectivity index (χ1n) is 4.07. The number of hydrogen-bond donors (Lipinski definition) is 0. The lowest BCUT2D eigenvalue weighted by atomic mass is 9.95. The van der Waals surface area contributed by atoms with E-state index in [9.17, 15) is 0 Å². The van der Waals surface area contributed by atoms with Crippen molar-refractivity contribution >= 4 is 16.8 Å². The van der Waals surface area contributed by atoms with Crippen molar-refractivity contribution in [3.63, 3.8) is 0 Å². The molecule has 0 unspecified atom stereocenters. The summed E-state index contributed by atoms with van der Waals surface area (Å²) in [5.74, 6) is 0. The van der Waals surface area contributed by atoms with Crippen LogP contribution in [-0.4, -0.2) is 16.3 Å². The van der Waals surface area contributed by atoms with Gasteiger partial charge in [0.1, 0.15) is 0 Å². The van der Waals surface area contributed by atoms with Gasteiger partial charge in [-0.05, 0) is 19.8 Å². The number of thioether (sulfide) groups is 1. The molecule has 0 radical (unpaired) electrons. The Labute approximate surface area is 66.3 Å². The lowest BCUT2D eigenvalue weighted by molar-refractivity contribution is 0.462. The molecule has 2 heteroatoms. The van der Waals surface area contributed by atoms with Crippen LogP contribution in [0.3, 0.4) is 0 Å². The highest BCUT2D eigenvalue weighted by Gasteiger charge is 2.30. The Morgan fingerprint density at radius 2 is 2.20 bits per heavy atom. The third-order valence-electron chi connectivity index (χ3n) is 2.34. The van der Waals surface area contributed by atoms with Crippen molar-refractivity contribution in [1.29, 1.82) is 0 Å². The molecule has 0 spiro atoms. The maximum Gasteiger partial charge on any atom is 0.0652 e. The fourth-order valence-corrected chi connectivity index (χ4v) is 3.12. The van der Waals surface area contributed by atoms with Crippen LogP contribution in [0.15, 0.2) is 4.99 Å². The van der Waals surface area contributed by atoms with Gasteiger partial charge in [0.05, 0.1) is 11.1 Å². The molecular weight excluding hydrogens is 142 g/mol. The van der Waals surface area contributed by atoms with Gasteiger partial charge in [-0.15, -0.1) is 11.8 Å². The Bertz CT molecular complexity index is 165. The molecule has 10 heavy (non-hydrogen) atoms. The van der Waals surface area contributed by atoms with Crippen molar-refractivity contribution in [1.82, 2.24) is 0 Å². The van der Waals surface area contributed by atoms with Crippen LogP contribution >= 0.6 is 11.8 Å². The maximum atomic E-state index is 4.59. The minimum Gasteiger partial charge on any atom is -0.279 e. The molecule has 1 aliphatic carbocycles. The van der Waals surface area contributed by atoms with Gasteiger partial charge in [0.25, 0.3) is 0 Å². The van der Waals surface area contributed by atoms with Gasteiger partial charge in [-0.3, -0.25) is 4.99 Å². The van der Waals surface area contributed by atoms with Crippen LogP contribution in [0.2, 0.25) is 0 Å². The number of aliphatic imine (C=N–C) groups is 1. The summed E-state index contributed by atoms with van der Waals surface area (Å²) >= 11 is 2.00. The van der Waals surface area contributed by atoms with Gasteiger partial charge in [0.2, 0.25) is 0 Å². The predicted octanol–water partition coefficient (Wildman–Crippen LogP) is 2.46. The second-order valence-electron chi connectivity index (χ2n) is 3.16. The Hall–Kier alpha value is 0.0200. The zero-order chi connectivity index (χ0) is 6.97. The van der Waals surface area contributed by atoms with Gasteiger partial charge in [-0.1, -0.05) is 12.8 Å². The van der Waals surface area contributed by atoms with Gasteiger partial charge < -0.3 is 0 Å². The average Bonchev–Trinajstić information content (AvgIpc) is 2.27. The number of rotatable bonds is 0. The topological polar surface area (TPSA) is 12.4 Å². The molecule has 1 aliphatic heterocycles. The predicted molar refractivity (Wildman–Crippen MR) is 46.7 cm³/mol. The molecule has 0 amide bonds. The Morgan fingerprint density at radius 3 is 3.00 bits per heavy atom.